The van der Waals surface area contributed by atoms with Gasteiger partial charge in [-0.2, -0.15) is 0 Å². The van der Waals surface area contributed by atoms with Gasteiger partial charge in [-0.05, 0) is 37.8 Å². The molecule has 1 aliphatic carbocycles. The Hall–Kier alpha value is -0.860. The van der Waals surface area contributed by atoms with Crippen LogP contribution in [-0.4, -0.2) is 12.7 Å². The van der Waals surface area contributed by atoms with Crippen LogP contribution in [0.2, 0.25) is 0 Å². The topological polar surface area (TPSA) is 35.2 Å². The van der Waals surface area contributed by atoms with E-state index in [2.05, 4.69) is 32.0 Å². The van der Waals surface area contributed by atoms with Crippen LogP contribution in [-0.2, 0) is 4.74 Å². The summed E-state index contributed by atoms with van der Waals surface area (Å²) in [6, 6.07) is 6.50. The van der Waals surface area contributed by atoms with Crippen molar-refractivity contribution < 1.29 is 4.74 Å². The van der Waals surface area contributed by atoms with Crippen molar-refractivity contribution in [2.24, 2.45) is 5.73 Å². The second-order valence-electron chi connectivity index (χ2n) is 5.31. The summed E-state index contributed by atoms with van der Waals surface area (Å²) in [7, 11) is 1.80. The summed E-state index contributed by atoms with van der Waals surface area (Å²) >= 11 is 0. The number of ether oxygens (including phenoxy) is 1. The van der Waals surface area contributed by atoms with Gasteiger partial charge in [-0.15, -0.1) is 0 Å². The third-order valence-corrected chi connectivity index (χ3v) is 4.19. The van der Waals surface area contributed by atoms with Crippen LogP contribution < -0.4 is 5.73 Å². The fourth-order valence-corrected chi connectivity index (χ4v) is 2.99. The maximum atomic E-state index is 6.49. The van der Waals surface area contributed by atoms with Gasteiger partial charge in [-0.1, -0.05) is 36.6 Å². The second-order valence-corrected chi connectivity index (χ2v) is 5.31. The molecule has 0 saturated heterocycles. The lowest BCUT2D eigenvalue weighted by molar-refractivity contribution is -0.0265. The van der Waals surface area contributed by atoms with Gasteiger partial charge in [0.05, 0.1) is 11.6 Å². The van der Waals surface area contributed by atoms with Gasteiger partial charge in [0.15, 0.2) is 0 Å². The van der Waals surface area contributed by atoms with Crippen molar-refractivity contribution in [3.05, 3.63) is 34.9 Å². The first-order valence-electron chi connectivity index (χ1n) is 6.47. The molecule has 0 amide bonds. The van der Waals surface area contributed by atoms with Crippen LogP contribution in [0.5, 0.6) is 0 Å². The quantitative estimate of drug-likeness (QED) is 0.869. The van der Waals surface area contributed by atoms with Crippen molar-refractivity contribution >= 4 is 0 Å². The molecule has 1 aromatic rings. The van der Waals surface area contributed by atoms with E-state index >= 15 is 0 Å². The van der Waals surface area contributed by atoms with E-state index in [-0.39, 0.29) is 11.6 Å². The Kier molecular flexibility index (Phi) is 3.55. The maximum absolute atomic E-state index is 6.49. The molecule has 0 radical (unpaired) electrons. The second kappa shape index (κ2) is 4.79. The number of nitrogens with two attached hydrogens (primary N) is 1. The molecule has 0 aromatic heterocycles. The Labute approximate surface area is 104 Å². The van der Waals surface area contributed by atoms with E-state index in [0.717, 1.165) is 12.8 Å². The fourth-order valence-electron chi connectivity index (χ4n) is 2.99. The third kappa shape index (κ3) is 2.24. The van der Waals surface area contributed by atoms with Gasteiger partial charge < -0.3 is 10.5 Å². The fraction of sp³-hybridized carbons (Fsp3) is 0.600. The smallest absolute Gasteiger partial charge is 0.0870 e. The highest BCUT2D eigenvalue weighted by atomic mass is 16.5. The number of benzene rings is 1. The molecule has 0 spiro atoms. The molecule has 2 nitrogen and oxygen atoms in total. The highest BCUT2D eigenvalue weighted by molar-refractivity contribution is 5.34. The van der Waals surface area contributed by atoms with Crippen molar-refractivity contribution in [2.45, 2.75) is 51.2 Å². The van der Waals surface area contributed by atoms with Gasteiger partial charge in [0, 0.05) is 7.11 Å². The molecule has 2 N–H and O–H groups in total. The zero-order chi connectivity index (χ0) is 12.5. The minimum atomic E-state index is -0.140. The molecular weight excluding hydrogens is 210 g/mol. The van der Waals surface area contributed by atoms with E-state index in [4.69, 9.17) is 10.5 Å². The highest BCUT2D eigenvalue weighted by Crippen LogP contribution is 2.42. The normalized spacial score (nSPS) is 20.5. The van der Waals surface area contributed by atoms with Gasteiger partial charge in [-0.25, -0.2) is 0 Å². The maximum Gasteiger partial charge on any atom is 0.0870 e. The Morgan fingerprint density at radius 3 is 2.47 bits per heavy atom. The summed E-state index contributed by atoms with van der Waals surface area (Å²) in [4.78, 5) is 0. The number of hydrogen-bond acceptors (Lipinski definition) is 2. The van der Waals surface area contributed by atoms with E-state index in [1.54, 1.807) is 7.11 Å². The zero-order valence-electron chi connectivity index (χ0n) is 11.1. The van der Waals surface area contributed by atoms with Crippen LogP contribution >= 0.6 is 0 Å². The standard InChI is InChI=1S/C15H23NO/c1-11-6-7-12(2)13(10-11)14(16)15(17-3)8-4-5-9-15/h6-7,10,14H,4-5,8-9,16H2,1-3H3. The van der Waals surface area contributed by atoms with Crippen LogP contribution in [0.15, 0.2) is 18.2 Å². The van der Waals surface area contributed by atoms with Gasteiger partial charge >= 0.3 is 0 Å². The lowest BCUT2D eigenvalue weighted by Gasteiger charge is -2.35. The van der Waals surface area contributed by atoms with Gasteiger partial charge in [0.1, 0.15) is 0 Å². The summed E-state index contributed by atoms with van der Waals surface area (Å²) in [6.07, 6.45) is 4.62. The largest absolute Gasteiger partial charge is 0.376 e. The monoisotopic (exact) mass is 233 g/mol. The molecule has 0 bridgehead atoms. The van der Waals surface area contributed by atoms with Crippen LogP contribution in [0.4, 0.5) is 0 Å². The summed E-state index contributed by atoms with van der Waals surface area (Å²) in [5.74, 6) is 0. The highest BCUT2D eigenvalue weighted by Gasteiger charge is 2.40. The van der Waals surface area contributed by atoms with Gasteiger partial charge in [0.2, 0.25) is 0 Å². The summed E-state index contributed by atoms with van der Waals surface area (Å²) in [5.41, 5.74) is 10.1. The van der Waals surface area contributed by atoms with Crippen molar-refractivity contribution in [3.63, 3.8) is 0 Å². The van der Waals surface area contributed by atoms with E-state index in [1.807, 2.05) is 0 Å². The summed E-state index contributed by atoms with van der Waals surface area (Å²) in [5, 5.41) is 0. The Morgan fingerprint density at radius 1 is 1.24 bits per heavy atom. The van der Waals surface area contributed by atoms with Crippen LogP contribution in [0.1, 0.15) is 48.4 Å². The van der Waals surface area contributed by atoms with Crippen LogP contribution in [0, 0.1) is 13.8 Å². The average Bonchev–Trinajstić information content (AvgIpc) is 2.81. The first kappa shape index (κ1) is 12.6. The lowest BCUT2D eigenvalue weighted by atomic mass is 9.85. The average molecular weight is 233 g/mol. The first-order chi connectivity index (χ1) is 8.09. The van der Waals surface area contributed by atoms with Crippen LogP contribution in [0.25, 0.3) is 0 Å². The molecule has 1 aromatic carbocycles. The predicted molar refractivity (Wildman–Crippen MR) is 71.1 cm³/mol. The molecule has 1 unspecified atom stereocenters. The molecule has 1 fully saturated rings. The zero-order valence-corrected chi connectivity index (χ0v) is 11.1. The SMILES string of the molecule is COC1(C(N)c2cc(C)ccc2C)CCCC1. The molecular formula is C15H23NO. The van der Waals surface area contributed by atoms with Gasteiger partial charge in [0.25, 0.3) is 0 Å². The predicted octanol–water partition coefficient (Wildman–Crippen LogP) is 3.26. The Bertz CT molecular complexity index is 394. The third-order valence-electron chi connectivity index (χ3n) is 4.19. The number of rotatable bonds is 3. The molecule has 17 heavy (non-hydrogen) atoms. The van der Waals surface area contributed by atoms with Crippen molar-refractivity contribution in [3.8, 4) is 0 Å². The Balaban J connectivity index is 2.35. The minimum Gasteiger partial charge on any atom is -0.376 e. The van der Waals surface area contributed by atoms with Crippen molar-refractivity contribution in [1.29, 1.82) is 0 Å². The Morgan fingerprint density at radius 2 is 1.88 bits per heavy atom. The first-order valence-corrected chi connectivity index (χ1v) is 6.47. The molecule has 1 atom stereocenters. The molecule has 1 saturated carbocycles. The van der Waals surface area contributed by atoms with Crippen LogP contribution in [0.3, 0.4) is 0 Å². The van der Waals surface area contributed by atoms with E-state index in [1.165, 1.54) is 29.5 Å². The molecule has 94 valence electrons. The molecule has 1 aliphatic rings. The van der Waals surface area contributed by atoms with E-state index in [0.29, 0.717) is 0 Å². The van der Waals surface area contributed by atoms with E-state index < -0.39 is 0 Å². The summed E-state index contributed by atoms with van der Waals surface area (Å²) < 4.78 is 5.78. The number of methoxy groups -OCH3 is 1. The molecule has 2 rings (SSSR count). The van der Waals surface area contributed by atoms with Gasteiger partial charge in [-0.3, -0.25) is 0 Å². The minimum absolute atomic E-state index is 0.00472. The molecule has 0 aliphatic heterocycles. The number of hydrogen-bond donors (Lipinski definition) is 1. The lowest BCUT2D eigenvalue weighted by Crippen LogP contribution is -2.40. The summed E-state index contributed by atoms with van der Waals surface area (Å²) in [6.45, 7) is 4.25. The molecule has 0 heterocycles. The van der Waals surface area contributed by atoms with Crippen molar-refractivity contribution in [1.82, 2.24) is 0 Å². The van der Waals surface area contributed by atoms with Crippen molar-refractivity contribution in [2.75, 3.05) is 7.11 Å². The van der Waals surface area contributed by atoms with E-state index in [9.17, 15) is 0 Å². The molecule has 2 heteroatoms. The number of aryl methyl sites for hydroxylation is 2.